The van der Waals surface area contributed by atoms with Crippen molar-refractivity contribution in [3.63, 3.8) is 0 Å². The van der Waals surface area contributed by atoms with Crippen LogP contribution in [0.5, 0.6) is 5.75 Å². The second-order valence-electron chi connectivity index (χ2n) is 5.14. The largest absolute Gasteiger partial charge is 0.508 e. The number of hydrogen-bond donors (Lipinski definition) is 2. The summed E-state index contributed by atoms with van der Waals surface area (Å²) in [5, 5.41) is 30.0. The molecule has 1 heterocycles. The number of nitro benzene ring substituents is 1. The van der Waals surface area contributed by atoms with Crippen LogP contribution >= 0.6 is 0 Å². The number of carbonyl (C=O) groups excluding carboxylic acids is 1. The second-order valence-corrected chi connectivity index (χ2v) is 5.14. The van der Waals surface area contributed by atoms with Crippen molar-refractivity contribution in [1.29, 1.82) is 0 Å². The number of aromatic hydroxyl groups is 1. The number of nitrogens with zero attached hydrogens (tertiary/aromatic N) is 2. The van der Waals surface area contributed by atoms with Crippen molar-refractivity contribution in [2.75, 3.05) is 13.2 Å². The molecule has 2 N–H and O–H groups in total. The number of phenols is 1. The molecule has 7 heteroatoms. The van der Waals surface area contributed by atoms with E-state index in [1.54, 1.807) is 0 Å². The fourth-order valence-electron chi connectivity index (χ4n) is 2.64. The third-order valence-corrected chi connectivity index (χ3v) is 3.76. The molecule has 1 aliphatic heterocycles. The summed E-state index contributed by atoms with van der Waals surface area (Å²) in [7, 11) is 0. The van der Waals surface area contributed by atoms with Crippen LogP contribution in [0, 0.1) is 10.1 Å². The van der Waals surface area contributed by atoms with Crippen LogP contribution in [0.1, 0.15) is 36.0 Å². The van der Waals surface area contributed by atoms with Crippen LogP contribution in [0.2, 0.25) is 0 Å². The van der Waals surface area contributed by atoms with E-state index in [4.69, 9.17) is 0 Å². The van der Waals surface area contributed by atoms with Gasteiger partial charge in [0.25, 0.3) is 11.6 Å². The van der Waals surface area contributed by atoms with Gasteiger partial charge in [0.1, 0.15) is 11.3 Å². The lowest BCUT2D eigenvalue weighted by Gasteiger charge is -2.28. The topological polar surface area (TPSA) is 104 Å². The fraction of sp³-hybridized carbons (Fsp3) is 0.500. The molecular weight excluding hydrogens is 276 g/mol. The number of phenolic OH excluding ortho intramolecular Hbond substituents is 1. The van der Waals surface area contributed by atoms with Gasteiger partial charge in [-0.05, 0) is 25.0 Å². The minimum absolute atomic E-state index is 0.139. The van der Waals surface area contributed by atoms with Crippen molar-refractivity contribution in [3.8, 4) is 5.75 Å². The zero-order valence-electron chi connectivity index (χ0n) is 11.6. The van der Waals surface area contributed by atoms with E-state index in [-0.39, 0.29) is 29.6 Å². The van der Waals surface area contributed by atoms with Crippen molar-refractivity contribution in [3.05, 3.63) is 33.9 Å². The molecule has 0 aliphatic carbocycles. The molecule has 1 saturated heterocycles. The van der Waals surface area contributed by atoms with Gasteiger partial charge in [0.05, 0.1) is 17.6 Å². The Morgan fingerprint density at radius 3 is 2.81 bits per heavy atom. The highest BCUT2D eigenvalue weighted by Gasteiger charge is 2.30. The van der Waals surface area contributed by atoms with Crippen molar-refractivity contribution < 1.29 is 19.9 Å². The molecule has 0 bridgehead atoms. The van der Waals surface area contributed by atoms with Crippen LogP contribution in [0.3, 0.4) is 0 Å². The van der Waals surface area contributed by atoms with Crippen molar-refractivity contribution in [2.45, 2.75) is 31.7 Å². The predicted molar refractivity (Wildman–Crippen MR) is 75.1 cm³/mol. The number of amides is 1. The SMILES string of the molecule is O=C(c1cc(O)ccc1[N+](=O)[O-])N1CCCCCC1CO. The molecule has 1 fully saturated rings. The van der Waals surface area contributed by atoms with E-state index in [2.05, 4.69) is 0 Å². The Balaban J connectivity index is 2.37. The van der Waals surface area contributed by atoms with Crippen LogP contribution in [0.25, 0.3) is 0 Å². The Morgan fingerprint density at radius 1 is 1.38 bits per heavy atom. The summed E-state index contributed by atoms with van der Waals surface area (Å²) in [5.41, 5.74) is -0.473. The zero-order chi connectivity index (χ0) is 15.4. The molecule has 1 unspecified atom stereocenters. The lowest BCUT2D eigenvalue weighted by molar-refractivity contribution is -0.385. The van der Waals surface area contributed by atoms with Crippen molar-refractivity contribution >= 4 is 11.6 Å². The lowest BCUT2D eigenvalue weighted by atomic mass is 10.1. The van der Waals surface area contributed by atoms with E-state index >= 15 is 0 Å². The highest BCUT2D eigenvalue weighted by atomic mass is 16.6. The highest BCUT2D eigenvalue weighted by Crippen LogP contribution is 2.27. The van der Waals surface area contributed by atoms with Crippen LogP contribution in [-0.4, -0.2) is 45.1 Å². The first-order valence-corrected chi connectivity index (χ1v) is 6.94. The van der Waals surface area contributed by atoms with Gasteiger partial charge in [-0.2, -0.15) is 0 Å². The smallest absolute Gasteiger partial charge is 0.282 e. The zero-order valence-corrected chi connectivity index (χ0v) is 11.6. The monoisotopic (exact) mass is 294 g/mol. The molecular formula is C14H18N2O5. The Bertz CT molecular complexity index is 546. The van der Waals surface area contributed by atoms with Gasteiger partial charge < -0.3 is 15.1 Å². The molecule has 114 valence electrons. The minimum Gasteiger partial charge on any atom is -0.508 e. The van der Waals surface area contributed by atoms with Gasteiger partial charge in [-0.3, -0.25) is 14.9 Å². The lowest BCUT2D eigenvalue weighted by Crippen LogP contribution is -2.42. The molecule has 1 aliphatic rings. The summed E-state index contributed by atoms with van der Waals surface area (Å²) in [6.45, 7) is 0.287. The van der Waals surface area contributed by atoms with Crippen LogP contribution in [-0.2, 0) is 0 Å². The molecule has 2 rings (SSSR count). The summed E-state index contributed by atoms with van der Waals surface area (Å²) in [6, 6.07) is 3.08. The van der Waals surface area contributed by atoms with E-state index in [9.17, 15) is 25.1 Å². The van der Waals surface area contributed by atoms with E-state index in [1.807, 2.05) is 0 Å². The Kier molecular flexibility index (Phi) is 4.74. The van der Waals surface area contributed by atoms with E-state index in [0.717, 1.165) is 31.4 Å². The first-order chi connectivity index (χ1) is 10.0. The molecule has 1 amide bonds. The first-order valence-electron chi connectivity index (χ1n) is 6.94. The molecule has 0 radical (unpaired) electrons. The van der Waals surface area contributed by atoms with Gasteiger partial charge in [0, 0.05) is 12.6 Å². The van der Waals surface area contributed by atoms with Gasteiger partial charge in [-0.15, -0.1) is 0 Å². The Morgan fingerprint density at radius 2 is 2.14 bits per heavy atom. The summed E-state index contributed by atoms with van der Waals surface area (Å²) in [5.74, 6) is -0.710. The maximum Gasteiger partial charge on any atom is 0.282 e. The molecule has 1 atom stereocenters. The number of aliphatic hydroxyl groups excluding tert-OH is 1. The van der Waals surface area contributed by atoms with Crippen LogP contribution in [0.15, 0.2) is 18.2 Å². The maximum absolute atomic E-state index is 12.6. The number of benzene rings is 1. The van der Waals surface area contributed by atoms with E-state index in [0.29, 0.717) is 13.0 Å². The summed E-state index contributed by atoms with van der Waals surface area (Å²) in [4.78, 5) is 24.5. The quantitative estimate of drug-likeness (QED) is 0.652. The first kappa shape index (κ1) is 15.2. The van der Waals surface area contributed by atoms with Crippen LogP contribution in [0.4, 0.5) is 5.69 Å². The van der Waals surface area contributed by atoms with Gasteiger partial charge >= 0.3 is 0 Å². The normalized spacial score (nSPS) is 19.1. The molecule has 0 spiro atoms. The minimum atomic E-state index is -0.640. The molecule has 1 aromatic carbocycles. The third-order valence-electron chi connectivity index (χ3n) is 3.76. The number of rotatable bonds is 3. The maximum atomic E-state index is 12.6. The van der Waals surface area contributed by atoms with Gasteiger partial charge in [0.15, 0.2) is 0 Å². The number of hydrogen-bond acceptors (Lipinski definition) is 5. The highest BCUT2D eigenvalue weighted by molar-refractivity contribution is 5.98. The molecule has 7 nitrogen and oxygen atoms in total. The standard InChI is InChI=1S/C14H18N2O5/c17-9-10-4-2-1-3-7-15(10)14(19)12-8-11(18)5-6-13(12)16(20)21/h5-6,8,10,17-18H,1-4,7,9H2. The Labute approximate surface area is 122 Å². The van der Waals surface area contributed by atoms with Gasteiger partial charge in [-0.25, -0.2) is 0 Å². The second kappa shape index (κ2) is 6.53. The average molecular weight is 294 g/mol. The number of likely N-dealkylation sites (tertiary alicyclic amines) is 1. The number of carbonyl (C=O) groups is 1. The summed E-state index contributed by atoms with van der Waals surface area (Å²) >= 11 is 0. The average Bonchev–Trinajstić information content (AvgIpc) is 2.71. The molecule has 1 aromatic rings. The summed E-state index contributed by atoms with van der Waals surface area (Å²) in [6.07, 6.45) is 3.35. The van der Waals surface area contributed by atoms with E-state index in [1.165, 1.54) is 11.0 Å². The van der Waals surface area contributed by atoms with E-state index < -0.39 is 10.8 Å². The Hall–Kier alpha value is -2.15. The number of aliphatic hydroxyl groups is 1. The van der Waals surface area contributed by atoms with Gasteiger partial charge in [0.2, 0.25) is 0 Å². The molecule has 0 aromatic heterocycles. The van der Waals surface area contributed by atoms with Crippen LogP contribution < -0.4 is 0 Å². The number of nitro groups is 1. The van der Waals surface area contributed by atoms with Crippen molar-refractivity contribution in [2.24, 2.45) is 0 Å². The fourth-order valence-corrected chi connectivity index (χ4v) is 2.64. The predicted octanol–water partition coefficient (Wildman–Crippen LogP) is 1.68. The third kappa shape index (κ3) is 3.30. The molecule has 0 saturated carbocycles. The van der Waals surface area contributed by atoms with Gasteiger partial charge in [-0.1, -0.05) is 12.8 Å². The summed E-state index contributed by atoms with van der Waals surface area (Å²) < 4.78 is 0. The van der Waals surface area contributed by atoms with Crippen molar-refractivity contribution in [1.82, 2.24) is 4.90 Å². The molecule has 21 heavy (non-hydrogen) atoms.